The molecule has 0 spiro atoms. The predicted molar refractivity (Wildman–Crippen MR) is 57.9 cm³/mol. The van der Waals surface area contributed by atoms with Crippen molar-refractivity contribution in [3.63, 3.8) is 0 Å². The smallest absolute Gasteiger partial charge is 0.167 e. The summed E-state index contributed by atoms with van der Waals surface area (Å²) in [6.07, 6.45) is 0.416. The maximum atomic E-state index is 11.4. The number of Topliss-reactive ketones (excluding diaryl/α,β-unsaturated/α-hetero) is 2. The number of rotatable bonds is 3. The Kier molecular flexibility index (Phi) is 4.06. The van der Waals surface area contributed by atoms with E-state index in [4.69, 9.17) is 0 Å². The van der Waals surface area contributed by atoms with Gasteiger partial charge in [0.15, 0.2) is 11.6 Å². The molecule has 72 valence electrons. The normalized spacial score (nSPS) is 16.0. The summed E-state index contributed by atoms with van der Waals surface area (Å²) in [6.45, 7) is 3.26. The molecule has 1 aliphatic rings. The molecular formula is C9H12O2S2. The molecule has 0 bridgehead atoms. The number of ketones is 2. The Morgan fingerprint density at radius 1 is 1.31 bits per heavy atom. The summed E-state index contributed by atoms with van der Waals surface area (Å²) in [7, 11) is 0. The SMILES string of the molecule is CCC(=O)C(C(C)=O)=C1SCCS1. The monoisotopic (exact) mass is 216 g/mol. The number of carbonyl (C=O) groups excluding carboxylic acids is 2. The van der Waals surface area contributed by atoms with E-state index in [0.29, 0.717) is 12.0 Å². The van der Waals surface area contributed by atoms with E-state index in [-0.39, 0.29) is 11.6 Å². The molecule has 1 fully saturated rings. The summed E-state index contributed by atoms with van der Waals surface area (Å²) < 4.78 is 0.930. The van der Waals surface area contributed by atoms with E-state index in [2.05, 4.69) is 0 Å². The van der Waals surface area contributed by atoms with Gasteiger partial charge in [0, 0.05) is 17.9 Å². The van der Waals surface area contributed by atoms with Crippen molar-refractivity contribution in [1.29, 1.82) is 0 Å². The van der Waals surface area contributed by atoms with Gasteiger partial charge >= 0.3 is 0 Å². The average molecular weight is 216 g/mol. The minimum Gasteiger partial charge on any atom is -0.294 e. The van der Waals surface area contributed by atoms with E-state index in [1.54, 1.807) is 30.4 Å². The van der Waals surface area contributed by atoms with Crippen LogP contribution in [0.4, 0.5) is 0 Å². The Morgan fingerprint density at radius 2 is 1.85 bits per heavy atom. The van der Waals surface area contributed by atoms with E-state index < -0.39 is 0 Å². The van der Waals surface area contributed by atoms with Crippen molar-refractivity contribution in [3.05, 3.63) is 9.81 Å². The third-order valence-corrected chi connectivity index (χ3v) is 4.42. The summed E-state index contributed by atoms with van der Waals surface area (Å²) in [6, 6.07) is 0. The van der Waals surface area contributed by atoms with E-state index in [9.17, 15) is 9.59 Å². The molecule has 0 aromatic rings. The fourth-order valence-corrected chi connectivity index (χ4v) is 3.76. The fourth-order valence-electron chi connectivity index (χ4n) is 1.09. The first-order chi connectivity index (χ1) is 6.16. The van der Waals surface area contributed by atoms with Crippen LogP contribution in [0.3, 0.4) is 0 Å². The average Bonchev–Trinajstić information content (AvgIpc) is 2.56. The summed E-state index contributed by atoms with van der Waals surface area (Å²) in [4.78, 5) is 22.7. The highest BCUT2D eigenvalue weighted by Gasteiger charge is 2.21. The van der Waals surface area contributed by atoms with E-state index >= 15 is 0 Å². The van der Waals surface area contributed by atoms with Crippen LogP contribution in [-0.2, 0) is 9.59 Å². The van der Waals surface area contributed by atoms with Gasteiger partial charge in [-0.3, -0.25) is 9.59 Å². The number of allylic oxidation sites excluding steroid dienone is 1. The lowest BCUT2D eigenvalue weighted by atomic mass is 10.1. The molecule has 0 radical (unpaired) electrons. The molecule has 13 heavy (non-hydrogen) atoms. The molecule has 1 saturated heterocycles. The first-order valence-electron chi connectivity index (χ1n) is 4.20. The van der Waals surface area contributed by atoms with Gasteiger partial charge in [-0.25, -0.2) is 0 Å². The van der Waals surface area contributed by atoms with Crippen molar-refractivity contribution < 1.29 is 9.59 Å². The molecule has 1 heterocycles. The maximum absolute atomic E-state index is 11.4. The van der Waals surface area contributed by atoms with Crippen molar-refractivity contribution in [2.75, 3.05) is 11.5 Å². The quantitative estimate of drug-likeness (QED) is 0.411. The number of thioether (sulfide) groups is 2. The molecule has 4 heteroatoms. The van der Waals surface area contributed by atoms with Crippen molar-refractivity contribution in [2.45, 2.75) is 20.3 Å². The second-order valence-electron chi connectivity index (χ2n) is 2.69. The molecule has 0 unspecified atom stereocenters. The summed E-state index contributed by atoms with van der Waals surface area (Å²) in [5, 5.41) is 0. The van der Waals surface area contributed by atoms with Gasteiger partial charge in [0.2, 0.25) is 0 Å². The van der Waals surface area contributed by atoms with Crippen LogP contribution in [0.5, 0.6) is 0 Å². The maximum Gasteiger partial charge on any atom is 0.167 e. The lowest BCUT2D eigenvalue weighted by molar-refractivity contribution is -0.120. The first-order valence-corrected chi connectivity index (χ1v) is 6.18. The van der Waals surface area contributed by atoms with Gasteiger partial charge in [0.1, 0.15) is 0 Å². The van der Waals surface area contributed by atoms with Crippen LogP contribution in [0.25, 0.3) is 0 Å². The molecule has 0 saturated carbocycles. The van der Waals surface area contributed by atoms with Crippen LogP contribution in [0.1, 0.15) is 20.3 Å². The Labute approximate surface area is 86.5 Å². The minimum absolute atomic E-state index is 0.0237. The van der Waals surface area contributed by atoms with Crippen LogP contribution in [0, 0.1) is 0 Å². The van der Waals surface area contributed by atoms with Crippen molar-refractivity contribution in [3.8, 4) is 0 Å². The third-order valence-electron chi connectivity index (χ3n) is 1.71. The Balaban J connectivity index is 2.96. The second-order valence-corrected chi connectivity index (χ2v) is 5.16. The van der Waals surface area contributed by atoms with Crippen LogP contribution >= 0.6 is 23.5 Å². The van der Waals surface area contributed by atoms with Crippen molar-refractivity contribution in [1.82, 2.24) is 0 Å². The van der Waals surface area contributed by atoms with Gasteiger partial charge in [0.25, 0.3) is 0 Å². The molecule has 0 aromatic heterocycles. The van der Waals surface area contributed by atoms with Crippen LogP contribution in [0.2, 0.25) is 0 Å². The first kappa shape index (κ1) is 10.9. The Bertz CT molecular complexity index is 261. The standard InChI is InChI=1S/C9H12O2S2/c1-3-7(11)8(6(2)10)9-12-4-5-13-9/h3-5H2,1-2H3. The zero-order chi connectivity index (χ0) is 9.84. The molecule has 0 N–H and O–H groups in total. The summed E-state index contributed by atoms with van der Waals surface area (Å²) in [5.74, 6) is 1.90. The summed E-state index contributed by atoms with van der Waals surface area (Å²) >= 11 is 3.25. The largest absolute Gasteiger partial charge is 0.294 e. The molecule has 0 atom stereocenters. The highest BCUT2D eigenvalue weighted by molar-refractivity contribution is 8.25. The summed E-state index contributed by atoms with van der Waals surface area (Å²) in [5.41, 5.74) is 0.426. The third kappa shape index (κ3) is 2.61. The number of hydrogen-bond donors (Lipinski definition) is 0. The zero-order valence-corrected chi connectivity index (χ0v) is 9.39. The van der Waals surface area contributed by atoms with Gasteiger partial charge in [-0.2, -0.15) is 0 Å². The van der Waals surface area contributed by atoms with E-state index in [1.165, 1.54) is 6.92 Å². The molecule has 0 aromatic carbocycles. The highest BCUT2D eigenvalue weighted by Crippen LogP contribution is 2.39. The highest BCUT2D eigenvalue weighted by atomic mass is 32.2. The van der Waals surface area contributed by atoms with E-state index in [0.717, 1.165) is 15.7 Å². The molecule has 2 nitrogen and oxygen atoms in total. The van der Waals surface area contributed by atoms with Crippen molar-refractivity contribution >= 4 is 35.1 Å². The fraction of sp³-hybridized carbons (Fsp3) is 0.556. The van der Waals surface area contributed by atoms with Crippen molar-refractivity contribution in [2.24, 2.45) is 0 Å². The Morgan fingerprint density at radius 3 is 2.23 bits per heavy atom. The second kappa shape index (κ2) is 4.86. The predicted octanol–water partition coefficient (Wildman–Crippen LogP) is 2.25. The van der Waals surface area contributed by atoms with Gasteiger partial charge < -0.3 is 0 Å². The lowest BCUT2D eigenvalue weighted by Crippen LogP contribution is -2.09. The molecule has 1 rings (SSSR count). The number of hydrogen-bond acceptors (Lipinski definition) is 4. The van der Waals surface area contributed by atoms with Gasteiger partial charge in [-0.05, 0) is 6.92 Å². The van der Waals surface area contributed by atoms with Gasteiger partial charge in [-0.1, -0.05) is 6.92 Å². The zero-order valence-electron chi connectivity index (χ0n) is 7.75. The van der Waals surface area contributed by atoms with E-state index in [1.807, 2.05) is 0 Å². The minimum atomic E-state index is -0.0938. The molecule has 0 amide bonds. The van der Waals surface area contributed by atoms with Gasteiger partial charge in [0.05, 0.1) is 9.81 Å². The molecule has 0 aliphatic carbocycles. The topological polar surface area (TPSA) is 34.1 Å². The van der Waals surface area contributed by atoms with Crippen LogP contribution in [0.15, 0.2) is 9.81 Å². The van der Waals surface area contributed by atoms with Crippen LogP contribution < -0.4 is 0 Å². The number of carbonyl (C=O) groups is 2. The van der Waals surface area contributed by atoms with Gasteiger partial charge in [-0.15, -0.1) is 23.5 Å². The Hall–Kier alpha value is -0.220. The molecular weight excluding hydrogens is 204 g/mol. The van der Waals surface area contributed by atoms with Crippen LogP contribution in [-0.4, -0.2) is 23.1 Å². The lowest BCUT2D eigenvalue weighted by Gasteiger charge is -2.03. The molecule has 1 aliphatic heterocycles.